The van der Waals surface area contributed by atoms with Crippen LogP contribution in [-0.4, -0.2) is 5.91 Å². The maximum Gasteiger partial charge on any atom is 0.256 e. The number of anilines is 2. The van der Waals surface area contributed by atoms with Crippen LogP contribution in [-0.2, 0) is 0 Å². The molecule has 98 valence electrons. The van der Waals surface area contributed by atoms with Crippen LogP contribution in [0, 0.1) is 10.5 Å². The lowest BCUT2D eigenvalue weighted by Crippen LogP contribution is -2.14. The summed E-state index contributed by atoms with van der Waals surface area (Å²) in [5.41, 5.74) is 8.56. The molecule has 2 aromatic carbocycles. The Hall–Kier alpha value is -1.27. The Morgan fingerprint density at radius 1 is 1.26 bits per heavy atom. The quantitative estimate of drug-likeness (QED) is 0.603. The summed E-state index contributed by atoms with van der Waals surface area (Å²) in [4.78, 5) is 12.2. The van der Waals surface area contributed by atoms with Gasteiger partial charge in [-0.25, -0.2) is 0 Å². The van der Waals surface area contributed by atoms with Crippen LogP contribution in [0.15, 0.2) is 36.4 Å². The number of hydrogen-bond acceptors (Lipinski definition) is 2. The van der Waals surface area contributed by atoms with E-state index in [0.717, 1.165) is 9.13 Å². The van der Waals surface area contributed by atoms with Gasteiger partial charge >= 0.3 is 0 Å². The third-order valence-electron chi connectivity index (χ3n) is 2.63. The van der Waals surface area contributed by atoms with Gasteiger partial charge in [-0.05, 0) is 65.4 Å². The molecule has 5 heteroatoms. The van der Waals surface area contributed by atoms with E-state index >= 15 is 0 Å². The van der Waals surface area contributed by atoms with Crippen molar-refractivity contribution in [2.45, 2.75) is 6.92 Å². The summed E-state index contributed by atoms with van der Waals surface area (Å²) >= 11 is 8.01. The average Bonchev–Trinajstić information content (AvgIpc) is 2.36. The topological polar surface area (TPSA) is 55.1 Å². The largest absolute Gasteiger partial charge is 0.397 e. The van der Waals surface area contributed by atoms with Gasteiger partial charge in [0.05, 0.1) is 16.9 Å². The molecule has 0 aliphatic carbocycles. The number of amides is 1. The molecule has 0 saturated carbocycles. The predicted molar refractivity (Wildman–Crippen MR) is 87.7 cm³/mol. The standard InChI is InChI=1S/C14H12ClIN2O/c1-8-2-5-12(17)13(6-8)18-14(19)10-7-9(15)3-4-11(10)16/h2-7H,17H2,1H3,(H,18,19). The first-order valence-electron chi connectivity index (χ1n) is 5.60. The fraction of sp³-hybridized carbons (Fsp3) is 0.0714. The van der Waals surface area contributed by atoms with Gasteiger partial charge in [-0.2, -0.15) is 0 Å². The molecule has 0 fully saturated rings. The van der Waals surface area contributed by atoms with Gasteiger partial charge in [0.2, 0.25) is 0 Å². The number of halogens is 2. The average molecular weight is 387 g/mol. The molecule has 0 spiro atoms. The predicted octanol–water partition coefficient (Wildman–Crippen LogP) is 4.09. The fourth-order valence-electron chi connectivity index (χ4n) is 1.64. The maximum atomic E-state index is 12.2. The minimum absolute atomic E-state index is 0.218. The van der Waals surface area contributed by atoms with Gasteiger partial charge < -0.3 is 11.1 Å². The summed E-state index contributed by atoms with van der Waals surface area (Å²) in [5, 5.41) is 3.34. The van der Waals surface area contributed by atoms with Crippen molar-refractivity contribution in [1.29, 1.82) is 0 Å². The van der Waals surface area contributed by atoms with Crippen molar-refractivity contribution >= 4 is 51.5 Å². The van der Waals surface area contributed by atoms with E-state index in [1.807, 2.05) is 19.1 Å². The Morgan fingerprint density at radius 3 is 2.74 bits per heavy atom. The van der Waals surface area contributed by atoms with Gasteiger partial charge in [-0.15, -0.1) is 0 Å². The highest BCUT2D eigenvalue weighted by molar-refractivity contribution is 14.1. The zero-order valence-corrected chi connectivity index (χ0v) is 13.1. The lowest BCUT2D eigenvalue weighted by molar-refractivity contribution is 0.102. The summed E-state index contributed by atoms with van der Waals surface area (Å²) in [6, 6.07) is 10.7. The van der Waals surface area contributed by atoms with Gasteiger partial charge in [0.25, 0.3) is 5.91 Å². The Balaban J connectivity index is 2.30. The molecular weight excluding hydrogens is 375 g/mol. The van der Waals surface area contributed by atoms with E-state index < -0.39 is 0 Å². The highest BCUT2D eigenvalue weighted by Gasteiger charge is 2.12. The zero-order valence-electron chi connectivity index (χ0n) is 10.2. The molecule has 3 nitrogen and oxygen atoms in total. The molecule has 0 unspecified atom stereocenters. The van der Waals surface area contributed by atoms with Crippen LogP contribution in [0.5, 0.6) is 0 Å². The van der Waals surface area contributed by atoms with Gasteiger partial charge in [0.15, 0.2) is 0 Å². The lowest BCUT2D eigenvalue weighted by Gasteiger charge is -2.10. The van der Waals surface area contributed by atoms with E-state index in [-0.39, 0.29) is 5.91 Å². The molecule has 3 N–H and O–H groups in total. The molecule has 0 aromatic heterocycles. The van der Waals surface area contributed by atoms with Crippen LogP contribution in [0.2, 0.25) is 5.02 Å². The summed E-state index contributed by atoms with van der Waals surface area (Å²) in [6.45, 7) is 1.94. The highest BCUT2D eigenvalue weighted by atomic mass is 127. The Labute approximate surface area is 130 Å². The molecule has 0 aliphatic rings. The number of nitrogens with one attached hydrogen (secondary N) is 1. The maximum absolute atomic E-state index is 12.2. The lowest BCUT2D eigenvalue weighted by atomic mass is 10.1. The van der Waals surface area contributed by atoms with E-state index in [1.165, 1.54) is 0 Å². The monoisotopic (exact) mass is 386 g/mol. The van der Waals surface area contributed by atoms with Crippen LogP contribution >= 0.6 is 34.2 Å². The number of rotatable bonds is 2. The van der Waals surface area contributed by atoms with E-state index in [1.54, 1.807) is 24.3 Å². The third-order valence-corrected chi connectivity index (χ3v) is 3.81. The Morgan fingerprint density at radius 2 is 2.00 bits per heavy atom. The number of benzene rings is 2. The van der Waals surface area contributed by atoms with Crippen molar-refractivity contribution < 1.29 is 4.79 Å². The summed E-state index contributed by atoms with van der Waals surface area (Å²) < 4.78 is 0.839. The van der Waals surface area contributed by atoms with Crippen molar-refractivity contribution in [3.05, 3.63) is 56.1 Å². The minimum atomic E-state index is -0.218. The fourth-order valence-corrected chi connectivity index (χ4v) is 2.39. The number of carbonyl (C=O) groups excluding carboxylic acids is 1. The molecule has 19 heavy (non-hydrogen) atoms. The smallest absolute Gasteiger partial charge is 0.256 e. The molecule has 0 radical (unpaired) electrons. The van der Waals surface area contributed by atoms with E-state index in [4.69, 9.17) is 17.3 Å². The van der Waals surface area contributed by atoms with Gasteiger partial charge in [-0.3, -0.25) is 4.79 Å². The van der Waals surface area contributed by atoms with Crippen molar-refractivity contribution in [3.8, 4) is 0 Å². The second-order valence-electron chi connectivity index (χ2n) is 4.17. The summed E-state index contributed by atoms with van der Waals surface area (Å²) in [5.74, 6) is -0.218. The van der Waals surface area contributed by atoms with E-state index in [9.17, 15) is 4.79 Å². The van der Waals surface area contributed by atoms with Crippen molar-refractivity contribution in [2.75, 3.05) is 11.1 Å². The minimum Gasteiger partial charge on any atom is -0.397 e. The summed E-state index contributed by atoms with van der Waals surface area (Å²) in [7, 11) is 0. The van der Waals surface area contributed by atoms with Crippen LogP contribution in [0.3, 0.4) is 0 Å². The zero-order chi connectivity index (χ0) is 14.0. The summed E-state index contributed by atoms with van der Waals surface area (Å²) in [6.07, 6.45) is 0. The normalized spacial score (nSPS) is 10.3. The van der Waals surface area contributed by atoms with Crippen molar-refractivity contribution in [2.24, 2.45) is 0 Å². The molecular formula is C14H12ClIN2O. The third kappa shape index (κ3) is 3.39. The molecule has 0 heterocycles. The highest BCUT2D eigenvalue weighted by Crippen LogP contribution is 2.23. The van der Waals surface area contributed by atoms with Gasteiger partial charge in [0, 0.05) is 8.59 Å². The second-order valence-corrected chi connectivity index (χ2v) is 5.77. The second kappa shape index (κ2) is 5.79. The molecule has 0 aliphatic heterocycles. The van der Waals surface area contributed by atoms with Crippen molar-refractivity contribution in [1.82, 2.24) is 0 Å². The van der Waals surface area contributed by atoms with Gasteiger partial charge in [0.1, 0.15) is 0 Å². The van der Waals surface area contributed by atoms with Crippen LogP contribution < -0.4 is 11.1 Å². The molecule has 0 atom stereocenters. The number of nitrogen functional groups attached to an aromatic ring is 1. The molecule has 0 bridgehead atoms. The van der Waals surface area contributed by atoms with E-state index in [0.29, 0.717) is 22.0 Å². The first-order valence-corrected chi connectivity index (χ1v) is 7.05. The first-order chi connectivity index (χ1) is 8.97. The molecule has 0 saturated heterocycles. The number of aryl methyl sites for hydroxylation is 1. The Bertz CT molecular complexity index is 643. The number of nitrogens with two attached hydrogens (primary N) is 1. The molecule has 1 amide bonds. The van der Waals surface area contributed by atoms with E-state index in [2.05, 4.69) is 27.9 Å². The van der Waals surface area contributed by atoms with Gasteiger partial charge in [-0.1, -0.05) is 17.7 Å². The number of hydrogen-bond donors (Lipinski definition) is 2. The SMILES string of the molecule is Cc1ccc(N)c(NC(=O)c2cc(Cl)ccc2I)c1. The number of carbonyl (C=O) groups is 1. The molecule has 2 rings (SSSR count). The Kier molecular flexibility index (Phi) is 4.31. The molecule has 2 aromatic rings. The van der Waals surface area contributed by atoms with Crippen LogP contribution in [0.4, 0.5) is 11.4 Å². The van der Waals surface area contributed by atoms with Crippen LogP contribution in [0.1, 0.15) is 15.9 Å². The van der Waals surface area contributed by atoms with Crippen LogP contribution in [0.25, 0.3) is 0 Å². The van der Waals surface area contributed by atoms with Crippen molar-refractivity contribution in [3.63, 3.8) is 0 Å². The first kappa shape index (κ1) is 14.1.